The van der Waals surface area contributed by atoms with Crippen LogP contribution >= 0.6 is 15.9 Å². The monoisotopic (exact) mass is 459 g/mol. The number of piperazine rings is 1. The van der Waals surface area contributed by atoms with Gasteiger partial charge in [0.25, 0.3) is 0 Å². The fourth-order valence-electron chi connectivity index (χ4n) is 3.17. The summed E-state index contributed by atoms with van der Waals surface area (Å²) in [5, 5.41) is 2.67. The third-order valence-corrected chi connectivity index (χ3v) is 5.26. The van der Waals surface area contributed by atoms with E-state index in [0.29, 0.717) is 18.7 Å². The highest BCUT2D eigenvalue weighted by Gasteiger charge is 2.20. The van der Waals surface area contributed by atoms with Gasteiger partial charge in [0.15, 0.2) is 0 Å². The molecular weight excluding hydrogens is 437 g/mol. The smallest absolute Gasteiger partial charge is 0.244 e. The van der Waals surface area contributed by atoms with Crippen LogP contribution in [0.4, 0.5) is 10.1 Å². The molecule has 0 aromatic heterocycles. The van der Waals surface area contributed by atoms with Gasteiger partial charge in [-0.05, 0) is 36.4 Å². The molecule has 0 atom stereocenters. The Balaban J connectivity index is 1.39. The number of nitrogens with one attached hydrogen (secondary N) is 1. The third-order valence-electron chi connectivity index (χ3n) is 4.76. The number of rotatable bonds is 6. The summed E-state index contributed by atoms with van der Waals surface area (Å²) < 4.78 is 14.4. The van der Waals surface area contributed by atoms with Gasteiger partial charge in [0.1, 0.15) is 5.82 Å². The zero-order chi connectivity index (χ0) is 20.6. The van der Waals surface area contributed by atoms with Crippen molar-refractivity contribution in [3.05, 3.63) is 70.5 Å². The Labute approximate surface area is 178 Å². The van der Waals surface area contributed by atoms with E-state index in [-0.39, 0.29) is 24.8 Å². The maximum atomic E-state index is 13.7. The standard InChI is InChI=1S/C22H23BrFN3O2/c23-18-7-8-20(24)17(16-18)6-9-21(28)25-11-10-22(29)27-14-12-26(13-15-27)19-4-2-1-3-5-19/h1-9,16H,10-15H2,(H,25,28)/b9-6+. The summed E-state index contributed by atoms with van der Waals surface area (Å²) >= 11 is 3.27. The number of hydrogen-bond acceptors (Lipinski definition) is 3. The van der Waals surface area contributed by atoms with Crippen molar-refractivity contribution in [1.82, 2.24) is 10.2 Å². The van der Waals surface area contributed by atoms with Crippen molar-refractivity contribution in [3.63, 3.8) is 0 Å². The number of halogens is 2. The molecule has 1 heterocycles. The van der Waals surface area contributed by atoms with E-state index in [1.54, 1.807) is 12.1 Å². The van der Waals surface area contributed by atoms with Gasteiger partial charge in [-0.3, -0.25) is 9.59 Å². The fourth-order valence-corrected chi connectivity index (χ4v) is 3.55. The van der Waals surface area contributed by atoms with Crippen molar-refractivity contribution in [3.8, 4) is 0 Å². The van der Waals surface area contributed by atoms with Gasteiger partial charge in [0.05, 0.1) is 0 Å². The van der Waals surface area contributed by atoms with Crippen LogP contribution < -0.4 is 10.2 Å². The molecule has 0 bridgehead atoms. The number of hydrogen-bond donors (Lipinski definition) is 1. The van der Waals surface area contributed by atoms with Crippen LogP contribution in [0.3, 0.4) is 0 Å². The highest BCUT2D eigenvalue weighted by atomic mass is 79.9. The predicted molar refractivity (Wildman–Crippen MR) is 116 cm³/mol. The van der Waals surface area contributed by atoms with Crippen molar-refractivity contribution in [2.45, 2.75) is 6.42 Å². The molecule has 1 aliphatic heterocycles. The van der Waals surface area contributed by atoms with Gasteiger partial charge in [-0.15, -0.1) is 0 Å². The Hall–Kier alpha value is -2.67. The van der Waals surface area contributed by atoms with Gasteiger partial charge in [-0.25, -0.2) is 4.39 Å². The fraction of sp³-hybridized carbons (Fsp3) is 0.273. The van der Waals surface area contributed by atoms with Crippen molar-refractivity contribution in [2.75, 3.05) is 37.6 Å². The molecule has 0 saturated carbocycles. The van der Waals surface area contributed by atoms with Gasteiger partial charge in [0.2, 0.25) is 11.8 Å². The van der Waals surface area contributed by atoms with Gasteiger partial charge in [0, 0.05) is 60.9 Å². The molecular formula is C22H23BrFN3O2. The van der Waals surface area contributed by atoms with Crippen LogP contribution in [0.25, 0.3) is 6.08 Å². The maximum Gasteiger partial charge on any atom is 0.244 e. The lowest BCUT2D eigenvalue weighted by atomic mass is 10.2. The van der Waals surface area contributed by atoms with E-state index < -0.39 is 5.82 Å². The molecule has 1 saturated heterocycles. The highest BCUT2D eigenvalue weighted by molar-refractivity contribution is 9.10. The van der Waals surface area contributed by atoms with E-state index in [0.717, 1.165) is 17.6 Å². The lowest BCUT2D eigenvalue weighted by Gasteiger charge is -2.36. The van der Waals surface area contributed by atoms with Gasteiger partial charge in [-0.1, -0.05) is 34.1 Å². The topological polar surface area (TPSA) is 52.7 Å². The predicted octanol–water partition coefficient (Wildman–Crippen LogP) is 3.46. The second-order valence-corrected chi connectivity index (χ2v) is 7.66. The van der Waals surface area contributed by atoms with E-state index in [1.807, 2.05) is 23.1 Å². The van der Waals surface area contributed by atoms with Crippen molar-refractivity contribution < 1.29 is 14.0 Å². The summed E-state index contributed by atoms with van der Waals surface area (Å²) in [4.78, 5) is 28.4. The largest absolute Gasteiger partial charge is 0.368 e. The Bertz CT molecular complexity index is 881. The average Bonchev–Trinajstić information content (AvgIpc) is 2.75. The van der Waals surface area contributed by atoms with Gasteiger partial charge < -0.3 is 15.1 Å². The molecule has 1 fully saturated rings. The summed E-state index contributed by atoms with van der Waals surface area (Å²) in [5.41, 5.74) is 1.49. The first-order chi connectivity index (χ1) is 14.0. The summed E-state index contributed by atoms with van der Waals surface area (Å²) in [6.45, 7) is 3.18. The molecule has 2 aromatic rings. The molecule has 2 aromatic carbocycles. The number of nitrogens with zero attached hydrogens (tertiary/aromatic N) is 2. The Morgan fingerprint density at radius 2 is 1.79 bits per heavy atom. The average molecular weight is 460 g/mol. The summed E-state index contributed by atoms with van der Waals surface area (Å²) in [6, 6.07) is 14.7. The van der Waals surface area contributed by atoms with E-state index in [2.05, 4.69) is 38.3 Å². The van der Waals surface area contributed by atoms with Crippen LogP contribution in [0.5, 0.6) is 0 Å². The number of carbonyl (C=O) groups excluding carboxylic acids is 2. The molecule has 0 unspecified atom stereocenters. The lowest BCUT2D eigenvalue weighted by molar-refractivity contribution is -0.131. The molecule has 0 spiro atoms. The van der Waals surface area contributed by atoms with Crippen LogP contribution in [0.1, 0.15) is 12.0 Å². The molecule has 2 amide bonds. The molecule has 1 aliphatic rings. The van der Waals surface area contributed by atoms with Gasteiger partial charge in [-0.2, -0.15) is 0 Å². The molecule has 0 radical (unpaired) electrons. The molecule has 0 aliphatic carbocycles. The van der Waals surface area contributed by atoms with E-state index >= 15 is 0 Å². The first kappa shape index (κ1) is 21.0. The Kier molecular flexibility index (Phi) is 7.41. The first-order valence-electron chi connectivity index (χ1n) is 9.51. The minimum absolute atomic E-state index is 0.0278. The van der Waals surface area contributed by atoms with Gasteiger partial charge >= 0.3 is 0 Å². The quantitative estimate of drug-likeness (QED) is 0.672. The second-order valence-electron chi connectivity index (χ2n) is 6.74. The molecule has 1 N–H and O–H groups in total. The van der Waals surface area contributed by atoms with Crippen LogP contribution in [0.2, 0.25) is 0 Å². The molecule has 29 heavy (non-hydrogen) atoms. The van der Waals surface area contributed by atoms with Crippen molar-refractivity contribution in [1.29, 1.82) is 0 Å². The highest BCUT2D eigenvalue weighted by Crippen LogP contribution is 2.17. The molecule has 5 nitrogen and oxygen atoms in total. The van der Waals surface area contributed by atoms with Crippen molar-refractivity contribution >= 4 is 39.5 Å². The molecule has 3 rings (SSSR count). The number of carbonyl (C=O) groups is 2. The maximum absolute atomic E-state index is 13.7. The van der Waals surface area contributed by atoms with Crippen molar-refractivity contribution in [2.24, 2.45) is 0 Å². The van der Waals surface area contributed by atoms with E-state index in [4.69, 9.17) is 0 Å². The van der Waals surface area contributed by atoms with Crippen LogP contribution in [0, 0.1) is 5.82 Å². The summed E-state index contributed by atoms with van der Waals surface area (Å²) in [5.74, 6) is -0.729. The lowest BCUT2D eigenvalue weighted by Crippen LogP contribution is -2.49. The Morgan fingerprint density at radius 1 is 1.07 bits per heavy atom. The molecule has 152 valence electrons. The number of benzene rings is 2. The zero-order valence-corrected chi connectivity index (χ0v) is 17.6. The van der Waals surface area contributed by atoms with Crippen LogP contribution in [-0.2, 0) is 9.59 Å². The normalized spacial score (nSPS) is 14.3. The summed E-state index contributed by atoms with van der Waals surface area (Å²) in [6.07, 6.45) is 2.93. The number of para-hydroxylation sites is 1. The van der Waals surface area contributed by atoms with E-state index in [9.17, 15) is 14.0 Å². The number of anilines is 1. The van der Waals surface area contributed by atoms with Crippen LogP contribution in [-0.4, -0.2) is 49.4 Å². The first-order valence-corrected chi connectivity index (χ1v) is 10.3. The minimum atomic E-state index is -0.401. The number of amides is 2. The van der Waals surface area contributed by atoms with E-state index in [1.165, 1.54) is 23.9 Å². The Morgan fingerprint density at radius 3 is 2.52 bits per heavy atom. The molecule has 7 heteroatoms. The second kappa shape index (κ2) is 10.2. The SMILES string of the molecule is O=C(/C=C/c1cc(Br)ccc1F)NCCC(=O)N1CCN(c2ccccc2)CC1. The zero-order valence-electron chi connectivity index (χ0n) is 16.0. The minimum Gasteiger partial charge on any atom is -0.368 e. The van der Waals surface area contributed by atoms with Crippen LogP contribution in [0.15, 0.2) is 59.1 Å². The third kappa shape index (κ3) is 6.15. The summed E-state index contributed by atoms with van der Waals surface area (Å²) in [7, 11) is 0.